The molecular formula is C25H33ClN2O2. The van der Waals surface area contributed by atoms with Crippen LogP contribution in [0.1, 0.15) is 56.4 Å². The summed E-state index contributed by atoms with van der Waals surface area (Å²) in [5, 5.41) is 3.67. The van der Waals surface area contributed by atoms with Gasteiger partial charge in [0.25, 0.3) is 0 Å². The zero-order valence-corrected chi connectivity index (χ0v) is 19.6. The first kappa shape index (κ1) is 23.9. The molecule has 5 heteroatoms. The number of nitrogens with one attached hydrogen (secondary N) is 1. The van der Waals surface area contributed by atoms with Gasteiger partial charge >= 0.3 is 0 Å². The van der Waals surface area contributed by atoms with E-state index in [9.17, 15) is 9.59 Å². The number of hydrogen-bond acceptors (Lipinski definition) is 2. The lowest BCUT2D eigenvalue weighted by atomic mass is 10.0. The third kappa shape index (κ3) is 6.88. The first-order chi connectivity index (χ1) is 14.0. The molecule has 0 fully saturated rings. The Morgan fingerprint density at radius 1 is 1.00 bits per heavy atom. The van der Waals surface area contributed by atoms with Gasteiger partial charge in [0.05, 0.1) is 6.42 Å². The first-order valence-corrected chi connectivity index (χ1v) is 10.8. The molecule has 0 bridgehead atoms. The summed E-state index contributed by atoms with van der Waals surface area (Å²) in [4.78, 5) is 28.1. The fourth-order valence-electron chi connectivity index (χ4n) is 3.35. The number of nitrogens with zero attached hydrogens (tertiary/aromatic N) is 1. The Kier molecular flexibility index (Phi) is 8.08. The van der Waals surface area contributed by atoms with Crippen molar-refractivity contribution in [1.29, 1.82) is 0 Å². The second-order valence-corrected chi connectivity index (χ2v) is 9.34. The van der Waals surface area contributed by atoms with Gasteiger partial charge in [-0.1, -0.05) is 48.9 Å². The first-order valence-electron chi connectivity index (χ1n) is 10.4. The van der Waals surface area contributed by atoms with E-state index in [4.69, 9.17) is 11.6 Å². The van der Waals surface area contributed by atoms with Crippen molar-refractivity contribution < 1.29 is 9.59 Å². The fourth-order valence-corrected chi connectivity index (χ4v) is 3.47. The lowest BCUT2D eigenvalue weighted by molar-refractivity contribution is -0.141. The van der Waals surface area contributed by atoms with Crippen molar-refractivity contribution in [2.24, 2.45) is 0 Å². The molecule has 0 spiro atoms. The molecule has 0 aliphatic carbocycles. The van der Waals surface area contributed by atoms with Crippen molar-refractivity contribution in [1.82, 2.24) is 10.2 Å². The van der Waals surface area contributed by atoms with Crippen LogP contribution in [-0.2, 0) is 22.6 Å². The molecule has 162 valence electrons. The van der Waals surface area contributed by atoms with Crippen molar-refractivity contribution >= 4 is 23.4 Å². The van der Waals surface area contributed by atoms with E-state index in [0.717, 1.165) is 16.7 Å². The smallest absolute Gasteiger partial charge is 0.243 e. The minimum atomic E-state index is -0.543. The SMILES string of the molecule is CC[C@@H](C(=O)NC(C)(C)C)N(Cc1ccc(Cl)cc1)C(=O)Cc1ccc(C)c(C)c1. The maximum Gasteiger partial charge on any atom is 0.243 e. The van der Waals surface area contributed by atoms with Crippen LogP contribution in [0.25, 0.3) is 0 Å². The highest BCUT2D eigenvalue weighted by atomic mass is 35.5. The van der Waals surface area contributed by atoms with Crippen LogP contribution in [0.4, 0.5) is 0 Å². The van der Waals surface area contributed by atoms with Crippen LogP contribution in [0.15, 0.2) is 42.5 Å². The summed E-state index contributed by atoms with van der Waals surface area (Å²) in [5.74, 6) is -0.198. The zero-order valence-electron chi connectivity index (χ0n) is 18.9. The average Bonchev–Trinajstić information content (AvgIpc) is 2.64. The van der Waals surface area contributed by atoms with Crippen LogP contribution in [-0.4, -0.2) is 28.3 Å². The normalized spacial score (nSPS) is 12.4. The van der Waals surface area contributed by atoms with Crippen LogP contribution in [0.3, 0.4) is 0 Å². The third-order valence-corrected chi connectivity index (χ3v) is 5.33. The van der Waals surface area contributed by atoms with Crippen LogP contribution in [0.2, 0.25) is 5.02 Å². The highest BCUT2D eigenvalue weighted by Gasteiger charge is 2.30. The van der Waals surface area contributed by atoms with Crippen LogP contribution < -0.4 is 5.32 Å². The monoisotopic (exact) mass is 428 g/mol. The number of hydrogen-bond donors (Lipinski definition) is 1. The number of halogens is 1. The molecule has 2 aromatic rings. The molecule has 2 aromatic carbocycles. The van der Waals surface area contributed by atoms with Crippen molar-refractivity contribution in [3.05, 3.63) is 69.7 Å². The van der Waals surface area contributed by atoms with Gasteiger partial charge in [0, 0.05) is 17.1 Å². The predicted octanol–water partition coefficient (Wildman–Crippen LogP) is 5.22. The number of benzene rings is 2. The van der Waals surface area contributed by atoms with Gasteiger partial charge in [0.2, 0.25) is 11.8 Å². The molecule has 0 aromatic heterocycles. The number of carbonyl (C=O) groups excluding carboxylic acids is 2. The summed E-state index contributed by atoms with van der Waals surface area (Å²) in [6.45, 7) is 12.2. The second kappa shape index (κ2) is 10.1. The van der Waals surface area contributed by atoms with E-state index < -0.39 is 6.04 Å². The number of rotatable bonds is 7. The van der Waals surface area contributed by atoms with Gasteiger partial charge in [-0.15, -0.1) is 0 Å². The average molecular weight is 429 g/mol. The predicted molar refractivity (Wildman–Crippen MR) is 124 cm³/mol. The molecule has 1 atom stereocenters. The van der Waals surface area contributed by atoms with Gasteiger partial charge in [0.15, 0.2) is 0 Å². The number of amides is 2. The van der Waals surface area contributed by atoms with Crippen LogP contribution in [0.5, 0.6) is 0 Å². The Morgan fingerprint density at radius 3 is 2.13 bits per heavy atom. The van der Waals surface area contributed by atoms with Gasteiger partial charge in [-0.25, -0.2) is 0 Å². The van der Waals surface area contributed by atoms with Gasteiger partial charge in [-0.3, -0.25) is 9.59 Å². The third-order valence-electron chi connectivity index (χ3n) is 5.08. The number of aryl methyl sites for hydroxylation is 2. The van der Waals surface area contributed by atoms with Gasteiger partial charge in [-0.2, -0.15) is 0 Å². The Bertz CT molecular complexity index is 885. The van der Waals surface area contributed by atoms with E-state index in [-0.39, 0.29) is 23.8 Å². The Morgan fingerprint density at radius 2 is 1.60 bits per heavy atom. The molecule has 4 nitrogen and oxygen atoms in total. The number of carbonyl (C=O) groups is 2. The molecule has 30 heavy (non-hydrogen) atoms. The molecule has 0 aliphatic heterocycles. The Balaban J connectivity index is 2.32. The largest absolute Gasteiger partial charge is 0.350 e. The van der Waals surface area contributed by atoms with E-state index in [0.29, 0.717) is 18.0 Å². The van der Waals surface area contributed by atoms with Crippen LogP contribution in [0, 0.1) is 13.8 Å². The Hall–Kier alpha value is -2.33. The maximum atomic E-state index is 13.4. The minimum absolute atomic E-state index is 0.0656. The summed E-state index contributed by atoms with van der Waals surface area (Å²) < 4.78 is 0. The summed E-state index contributed by atoms with van der Waals surface area (Å²) in [7, 11) is 0. The van der Waals surface area contributed by atoms with E-state index in [1.54, 1.807) is 17.0 Å². The molecule has 2 rings (SSSR count). The lowest BCUT2D eigenvalue weighted by Gasteiger charge is -2.33. The van der Waals surface area contributed by atoms with Gasteiger partial charge in [-0.05, 0) is 75.4 Å². The standard InChI is InChI=1S/C25H33ClN2O2/c1-7-22(24(30)27-25(4,5)6)28(16-19-10-12-21(26)13-11-19)23(29)15-20-9-8-17(2)18(3)14-20/h8-14,22H,7,15-16H2,1-6H3,(H,27,30)/t22-/m0/s1. The quantitative estimate of drug-likeness (QED) is 0.657. The highest BCUT2D eigenvalue weighted by molar-refractivity contribution is 6.30. The van der Waals surface area contributed by atoms with Crippen molar-refractivity contribution in [2.45, 2.75) is 72.5 Å². The summed E-state index contributed by atoms with van der Waals surface area (Å²) in [6, 6.07) is 12.9. The molecule has 0 radical (unpaired) electrons. The van der Waals surface area contributed by atoms with Crippen molar-refractivity contribution in [3.63, 3.8) is 0 Å². The maximum absolute atomic E-state index is 13.4. The molecule has 0 saturated heterocycles. The van der Waals surface area contributed by atoms with Crippen LogP contribution >= 0.6 is 11.6 Å². The van der Waals surface area contributed by atoms with Gasteiger partial charge < -0.3 is 10.2 Å². The summed E-state index contributed by atoms with van der Waals surface area (Å²) in [6.07, 6.45) is 0.794. The molecule has 0 unspecified atom stereocenters. The van der Waals surface area contributed by atoms with E-state index in [1.807, 2.05) is 65.0 Å². The second-order valence-electron chi connectivity index (χ2n) is 8.91. The minimum Gasteiger partial charge on any atom is -0.350 e. The topological polar surface area (TPSA) is 49.4 Å². The summed E-state index contributed by atoms with van der Waals surface area (Å²) in [5.41, 5.74) is 3.88. The Labute approximate surface area is 185 Å². The molecule has 0 aliphatic rings. The van der Waals surface area contributed by atoms with Gasteiger partial charge in [0.1, 0.15) is 6.04 Å². The van der Waals surface area contributed by atoms with E-state index in [1.165, 1.54) is 5.56 Å². The molecule has 1 N–H and O–H groups in total. The fraction of sp³-hybridized carbons (Fsp3) is 0.440. The van der Waals surface area contributed by atoms with Crippen molar-refractivity contribution in [2.75, 3.05) is 0 Å². The molecule has 2 amide bonds. The summed E-state index contributed by atoms with van der Waals surface area (Å²) >= 11 is 6.01. The van der Waals surface area contributed by atoms with Crippen molar-refractivity contribution in [3.8, 4) is 0 Å². The van der Waals surface area contributed by atoms with E-state index >= 15 is 0 Å². The van der Waals surface area contributed by atoms with E-state index in [2.05, 4.69) is 12.2 Å². The highest BCUT2D eigenvalue weighted by Crippen LogP contribution is 2.18. The molecule has 0 heterocycles. The molecule has 0 saturated carbocycles. The lowest BCUT2D eigenvalue weighted by Crippen LogP contribution is -2.53. The zero-order chi connectivity index (χ0) is 22.5. The molecular weight excluding hydrogens is 396 g/mol.